The number of fused-ring (bicyclic) bond motifs is 6. The smallest absolute Gasteiger partial charge is 0.0465 e. The van der Waals surface area contributed by atoms with Gasteiger partial charge in [0.1, 0.15) is 0 Å². The molecule has 0 amide bonds. The second kappa shape index (κ2) is 17.3. The summed E-state index contributed by atoms with van der Waals surface area (Å²) >= 11 is 0. The molecule has 0 N–H and O–H groups in total. The van der Waals surface area contributed by atoms with Crippen molar-refractivity contribution in [1.82, 2.24) is 0 Å². The summed E-state index contributed by atoms with van der Waals surface area (Å²) in [5, 5.41) is 5.36. The summed E-state index contributed by atoms with van der Waals surface area (Å²) in [6.07, 6.45) is 9.73. The Bertz CT molecular complexity index is 2870. The van der Waals surface area contributed by atoms with Gasteiger partial charge in [0.05, 0.1) is 0 Å². The zero-order chi connectivity index (χ0) is 41.8. The number of hydrogen-bond acceptors (Lipinski definition) is 1. The van der Waals surface area contributed by atoms with E-state index in [4.69, 9.17) is 0 Å². The van der Waals surface area contributed by atoms with E-state index in [9.17, 15) is 0 Å². The minimum absolute atomic E-state index is 0.0207. The highest BCUT2D eigenvalue weighted by atomic mass is 15.1. The monoisotopic (exact) mass is 777 g/mol. The van der Waals surface area contributed by atoms with Crippen LogP contribution in [0.15, 0.2) is 206 Å². The molecule has 1 atom stereocenters. The third kappa shape index (κ3) is 7.64. The molecular formula is C59H55N. The van der Waals surface area contributed by atoms with Crippen LogP contribution >= 0.6 is 0 Å². The van der Waals surface area contributed by atoms with Crippen molar-refractivity contribution in [2.24, 2.45) is 0 Å². The van der Waals surface area contributed by atoms with Crippen LogP contribution in [0.25, 0.3) is 43.8 Å². The highest BCUT2D eigenvalue weighted by Crippen LogP contribution is 2.50. The summed E-state index contributed by atoms with van der Waals surface area (Å²) in [7, 11) is 0. The first-order chi connectivity index (χ1) is 29.2. The van der Waals surface area contributed by atoms with Crippen molar-refractivity contribution in [3.63, 3.8) is 0 Å². The van der Waals surface area contributed by atoms with Crippen LogP contribution in [0, 0.1) is 13.8 Å². The highest BCUT2D eigenvalue weighted by molar-refractivity contribution is 6.16. The molecule has 0 bridgehead atoms. The van der Waals surface area contributed by atoms with Gasteiger partial charge in [-0.2, -0.15) is 0 Å². The summed E-state index contributed by atoms with van der Waals surface area (Å²) in [5.74, 6) is 0.456. The fraction of sp³-hybridized carbons (Fsp3) is 0.153. The van der Waals surface area contributed by atoms with E-state index in [1.54, 1.807) is 6.08 Å². The maximum absolute atomic E-state index is 3.36. The predicted octanol–water partition coefficient (Wildman–Crippen LogP) is 16.9. The molecule has 8 aromatic carbocycles. The lowest BCUT2D eigenvalue weighted by Gasteiger charge is -2.28. The molecule has 296 valence electrons. The molecule has 2 aliphatic rings. The molecule has 2 aliphatic carbocycles. The van der Waals surface area contributed by atoms with Gasteiger partial charge in [0.25, 0.3) is 0 Å². The predicted molar refractivity (Wildman–Crippen MR) is 261 cm³/mol. The number of allylic oxidation sites excluding steroid dienone is 5. The number of aryl methyl sites for hydroxylation is 2. The van der Waals surface area contributed by atoms with E-state index in [1.807, 2.05) is 6.92 Å². The molecular weight excluding hydrogens is 723 g/mol. The van der Waals surface area contributed by atoms with Gasteiger partial charge in [0.2, 0.25) is 0 Å². The molecule has 0 aromatic heterocycles. The fourth-order valence-corrected chi connectivity index (χ4v) is 9.22. The van der Waals surface area contributed by atoms with Crippen molar-refractivity contribution in [2.45, 2.75) is 59.3 Å². The molecule has 0 saturated carbocycles. The van der Waals surface area contributed by atoms with E-state index >= 15 is 0 Å². The zero-order valence-corrected chi connectivity index (χ0v) is 35.9. The van der Waals surface area contributed by atoms with Crippen LogP contribution in [0.1, 0.15) is 67.9 Å². The van der Waals surface area contributed by atoms with Gasteiger partial charge in [0, 0.05) is 28.4 Å². The van der Waals surface area contributed by atoms with E-state index in [1.165, 1.54) is 94.3 Å². The minimum Gasteiger partial charge on any atom is -0.310 e. The van der Waals surface area contributed by atoms with E-state index in [0.29, 0.717) is 5.92 Å². The molecule has 0 fully saturated rings. The molecule has 0 saturated heterocycles. The Morgan fingerprint density at radius 1 is 0.550 bits per heavy atom. The maximum atomic E-state index is 3.36. The Morgan fingerprint density at radius 2 is 1.08 bits per heavy atom. The van der Waals surface area contributed by atoms with Gasteiger partial charge in [-0.15, -0.1) is 6.58 Å². The zero-order valence-electron chi connectivity index (χ0n) is 35.9. The SMILES string of the molecule is C=CC.CC1=CCC(c2ccc(N(c3ccccc3)c3ccc4c(c3)C(C)(C)c3ccccc3-4)cc2)C=C1.Cc1ccccc1-c1c(C)c2ccccc2c2ccccc12. The third-order valence-electron chi connectivity index (χ3n) is 12.3. The van der Waals surface area contributed by atoms with Gasteiger partial charge in [-0.05, 0) is 142 Å². The Hall–Kier alpha value is -6.70. The molecule has 10 rings (SSSR count). The van der Waals surface area contributed by atoms with Crippen LogP contribution < -0.4 is 4.90 Å². The van der Waals surface area contributed by atoms with Crippen molar-refractivity contribution in [3.8, 4) is 22.3 Å². The third-order valence-corrected chi connectivity index (χ3v) is 12.3. The van der Waals surface area contributed by atoms with Gasteiger partial charge >= 0.3 is 0 Å². The first-order valence-electron chi connectivity index (χ1n) is 21.3. The van der Waals surface area contributed by atoms with Crippen molar-refractivity contribution in [2.75, 3.05) is 4.90 Å². The molecule has 1 unspecified atom stereocenters. The van der Waals surface area contributed by atoms with Crippen LogP contribution in [0.2, 0.25) is 0 Å². The molecule has 0 heterocycles. The highest BCUT2D eigenvalue weighted by Gasteiger charge is 2.35. The van der Waals surface area contributed by atoms with Crippen LogP contribution in [0.4, 0.5) is 17.1 Å². The van der Waals surface area contributed by atoms with Gasteiger partial charge in [-0.1, -0.05) is 177 Å². The summed E-state index contributed by atoms with van der Waals surface area (Å²) < 4.78 is 0. The Morgan fingerprint density at radius 3 is 1.75 bits per heavy atom. The maximum Gasteiger partial charge on any atom is 0.0465 e. The van der Waals surface area contributed by atoms with Crippen molar-refractivity contribution in [3.05, 3.63) is 234 Å². The van der Waals surface area contributed by atoms with Gasteiger partial charge in [-0.3, -0.25) is 0 Å². The van der Waals surface area contributed by atoms with Gasteiger partial charge < -0.3 is 4.90 Å². The van der Waals surface area contributed by atoms with E-state index in [-0.39, 0.29) is 5.41 Å². The standard InChI is InChI=1S/C34H31N.C22H18.C3H6/c1-24-13-15-25(16-14-24)26-17-19-28(20-18-26)35(27-9-5-4-6-10-27)29-21-22-31-30-11-7-8-12-32(30)34(2,3)33(31)23-29;1-15-9-3-4-10-17(15)22-16(2)18-11-5-6-12-19(18)20-13-7-8-14-21(20)22;1-3-2/h4-15,17-23,25H,16H2,1-3H3;3-14H,1-2H3;3H,1H2,2H3. The summed E-state index contributed by atoms with van der Waals surface area (Å²) in [6.45, 7) is 16.5. The normalized spacial score (nSPS) is 14.5. The van der Waals surface area contributed by atoms with Crippen molar-refractivity contribution < 1.29 is 0 Å². The molecule has 60 heavy (non-hydrogen) atoms. The van der Waals surface area contributed by atoms with E-state index < -0.39 is 0 Å². The van der Waals surface area contributed by atoms with Crippen LogP contribution in [0.3, 0.4) is 0 Å². The fourth-order valence-electron chi connectivity index (χ4n) is 9.22. The average Bonchev–Trinajstić information content (AvgIpc) is 3.51. The largest absolute Gasteiger partial charge is 0.310 e. The van der Waals surface area contributed by atoms with Crippen molar-refractivity contribution >= 4 is 38.6 Å². The minimum atomic E-state index is -0.0207. The Kier molecular flexibility index (Phi) is 11.5. The summed E-state index contributed by atoms with van der Waals surface area (Å²) in [5.41, 5.74) is 17.2. The lowest BCUT2D eigenvalue weighted by Crippen LogP contribution is -2.16. The average molecular weight is 778 g/mol. The topological polar surface area (TPSA) is 3.24 Å². The van der Waals surface area contributed by atoms with Gasteiger partial charge in [-0.25, -0.2) is 0 Å². The molecule has 8 aromatic rings. The van der Waals surface area contributed by atoms with E-state index in [0.717, 1.165) is 6.42 Å². The molecule has 0 radical (unpaired) electrons. The number of benzene rings is 8. The quantitative estimate of drug-likeness (QED) is 0.124. The summed E-state index contributed by atoms with van der Waals surface area (Å²) in [6, 6.07) is 61.8. The molecule has 1 heteroatoms. The van der Waals surface area contributed by atoms with Crippen LogP contribution in [-0.2, 0) is 5.41 Å². The van der Waals surface area contributed by atoms with Crippen LogP contribution in [-0.4, -0.2) is 0 Å². The Labute approximate surface area is 357 Å². The lowest BCUT2D eigenvalue weighted by atomic mass is 9.82. The summed E-state index contributed by atoms with van der Waals surface area (Å²) in [4.78, 5) is 2.38. The number of para-hydroxylation sites is 1. The van der Waals surface area contributed by atoms with E-state index in [2.05, 4.69) is 234 Å². The number of anilines is 3. The molecule has 0 spiro atoms. The lowest BCUT2D eigenvalue weighted by molar-refractivity contribution is 0.660. The molecule has 1 nitrogen and oxygen atoms in total. The van der Waals surface area contributed by atoms with Crippen LogP contribution in [0.5, 0.6) is 0 Å². The van der Waals surface area contributed by atoms with Gasteiger partial charge in [0.15, 0.2) is 0 Å². The Balaban J connectivity index is 0.000000171. The second-order valence-electron chi connectivity index (χ2n) is 16.6. The second-order valence-corrected chi connectivity index (χ2v) is 16.6. The first kappa shape index (κ1) is 40.1. The molecule has 0 aliphatic heterocycles. The number of rotatable bonds is 5. The van der Waals surface area contributed by atoms with Crippen molar-refractivity contribution in [1.29, 1.82) is 0 Å². The number of nitrogens with zero attached hydrogens (tertiary/aromatic N) is 1. The first-order valence-corrected chi connectivity index (χ1v) is 21.3. The number of hydrogen-bond donors (Lipinski definition) is 0.